The van der Waals surface area contributed by atoms with Gasteiger partial charge in [-0.05, 0) is 30.5 Å². The average Bonchev–Trinajstić information content (AvgIpc) is 3.08. The van der Waals surface area contributed by atoms with E-state index in [9.17, 15) is 18.0 Å². The molecule has 1 saturated heterocycles. The van der Waals surface area contributed by atoms with E-state index in [-0.39, 0.29) is 5.92 Å². The first-order valence-electron chi connectivity index (χ1n) is 8.67. The zero-order valence-electron chi connectivity index (χ0n) is 14.3. The number of pyridine rings is 1. The number of hydrogen-bond acceptors (Lipinski definition) is 3. The highest BCUT2D eigenvalue weighted by Crippen LogP contribution is 2.28. The molecule has 2 aromatic rings. The van der Waals surface area contributed by atoms with Crippen molar-refractivity contribution in [1.82, 2.24) is 19.4 Å². The van der Waals surface area contributed by atoms with E-state index in [1.807, 2.05) is 22.9 Å². The molecule has 26 heavy (non-hydrogen) atoms. The maximum atomic E-state index is 12.4. The summed E-state index contributed by atoms with van der Waals surface area (Å²) in [6.07, 6.45) is 2.86. The smallest absolute Gasteiger partial charge is 0.342 e. The Morgan fingerprint density at radius 2 is 2.00 bits per heavy atom. The SMILES string of the molecule is O=C(CCC(F)(F)F)N1CCCC(c2nccn2Cc2ccncc2)C1. The molecule has 1 fully saturated rings. The van der Waals surface area contributed by atoms with Gasteiger partial charge in [-0.3, -0.25) is 9.78 Å². The highest BCUT2D eigenvalue weighted by atomic mass is 19.4. The van der Waals surface area contributed by atoms with Crippen LogP contribution in [0.15, 0.2) is 36.9 Å². The van der Waals surface area contributed by atoms with Crippen LogP contribution in [0.25, 0.3) is 0 Å². The average molecular weight is 366 g/mol. The van der Waals surface area contributed by atoms with Gasteiger partial charge in [-0.2, -0.15) is 13.2 Å². The van der Waals surface area contributed by atoms with Crippen LogP contribution in [0.5, 0.6) is 0 Å². The fourth-order valence-corrected chi connectivity index (χ4v) is 3.32. The summed E-state index contributed by atoms with van der Waals surface area (Å²) < 4.78 is 39.1. The quantitative estimate of drug-likeness (QED) is 0.815. The molecule has 0 radical (unpaired) electrons. The van der Waals surface area contributed by atoms with Gasteiger partial charge in [-0.1, -0.05) is 0 Å². The number of piperidine rings is 1. The predicted octanol–water partition coefficient (Wildman–Crippen LogP) is 3.37. The summed E-state index contributed by atoms with van der Waals surface area (Å²) in [6, 6.07) is 3.86. The largest absolute Gasteiger partial charge is 0.389 e. The number of alkyl halides is 3. The van der Waals surface area contributed by atoms with E-state index in [1.54, 1.807) is 23.5 Å². The molecule has 3 rings (SSSR count). The molecule has 1 amide bonds. The molecular weight excluding hydrogens is 345 g/mol. The molecule has 0 aliphatic carbocycles. The van der Waals surface area contributed by atoms with Crippen LogP contribution in [0.4, 0.5) is 13.2 Å². The number of imidazole rings is 1. The Morgan fingerprint density at radius 1 is 1.23 bits per heavy atom. The third-order valence-electron chi connectivity index (χ3n) is 4.61. The van der Waals surface area contributed by atoms with Gasteiger partial charge in [0, 0.05) is 56.8 Å². The van der Waals surface area contributed by atoms with Crippen LogP contribution in [0, 0.1) is 0 Å². The Balaban J connectivity index is 1.65. The fraction of sp³-hybridized carbons (Fsp3) is 0.500. The van der Waals surface area contributed by atoms with Crippen molar-refractivity contribution in [2.24, 2.45) is 0 Å². The molecule has 0 aromatic carbocycles. The van der Waals surface area contributed by atoms with E-state index in [2.05, 4.69) is 9.97 Å². The second kappa shape index (κ2) is 7.88. The van der Waals surface area contributed by atoms with E-state index in [4.69, 9.17) is 0 Å². The lowest BCUT2D eigenvalue weighted by Gasteiger charge is -2.33. The van der Waals surface area contributed by atoms with Crippen molar-refractivity contribution in [2.75, 3.05) is 13.1 Å². The molecule has 0 spiro atoms. The minimum absolute atomic E-state index is 0.0374. The monoisotopic (exact) mass is 366 g/mol. The summed E-state index contributed by atoms with van der Waals surface area (Å²) in [7, 11) is 0. The van der Waals surface area contributed by atoms with E-state index < -0.39 is 24.9 Å². The van der Waals surface area contributed by atoms with Crippen molar-refractivity contribution in [3.05, 3.63) is 48.3 Å². The van der Waals surface area contributed by atoms with Gasteiger partial charge in [0.05, 0.1) is 6.42 Å². The fourth-order valence-electron chi connectivity index (χ4n) is 3.32. The molecular formula is C18H21F3N4O. The highest BCUT2D eigenvalue weighted by molar-refractivity contribution is 5.76. The van der Waals surface area contributed by atoms with E-state index in [0.29, 0.717) is 19.6 Å². The Morgan fingerprint density at radius 3 is 2.73 bits per heavy atom. The number of halogens is 3. The first-order valence-corrected chi connectivity index (χ1v) is 8.67. The molecule has 0 N–H and O–H groups in total. The standard InChI is InChI=1S/C18H21F3N4O/c19-18(20,21)6-3-16(26)24-10-1-2-15(13-24)17-23-9-11-25(17)12-14-4-7-22-8-5-14/h4-5,7-9,11,15H,1-3,6,10,12-13H2. The van der Waals surface area contributed by atoms with Gasteiger partial charge in [0.2, 0.25) is 5.91 Å². The van der Waals surface area contributed by atoms with Gasteiger partial charge < -0.3 is 9.47 Å². The lowest BCUT2D eigenvalue weighted by atomic mass is 9.96. The number of carbonyl (C=O) groups excluding carboxylic acids is 1. The van der Waals surface area contributed by atoms with Gasteiger partial charge in [0.1, 0.15) is 5.82 Å². The Bertz CT molecular complexity index is 730. The van der Waals surface area contributed by atoms with Crippen molar-refractivity contribution >= 4 is 5.91 Å². The summed E-state index contributed by atoms with van der Waals surface area (Å²) in [5.74, 6) is 0.477. The van der Waals surface area contributed by atoms with Crippen molar-refractivity contribution in [1.29, 1.82) is 0 Å². The van der Waals surface area contributed by atoms with Gasteiger partial charge >= 0.3 is 6.18 Å². The zero-order valence-corrected chi connectivity index (χ0v) is 14.3. The first kappa shape index (κ1) is 18.4. The number of carbonyl (C=O) groups is 1. The van der Waals surface area contributed by atoms with Gasteiger partial charge in [-0.15, -0.1) is 0 Å². The van der Waals surface area contributed by atoms with E-state index in [1.165, 1.54) is 0 Å². The lowest BCUT2D eigenvalue weighted by molar-refractivity contribution is -0.149. The molecule has 5 nitrogen and oxygen atoms in total. The van der Waals surface area contributed by atoms with Gasteiger partial charge in [0.25, 0.3) is 0 Å². The second-order valence-corrected chi connectivity index (χ2v) is 6.56. The van der Waals surface area contributed by atoms with Crippen LogP contribution in [0.2, 0.25) is 0 Å². The van der Waals surface area contributed by atoms with Crippen molar-refractivity contribution in [2.45, 2.75) is 44.3 Å². The Kier molecular flexibility index (Phi) is 5.58. The number of rotatable bonds is 5. The second-order valence-electron chi connectivity index (χ2n) is 6.56. The maximum absolute atomic E-state index is 12.4. The third-order valence-corrected chi connectivity index (χ3v) is 4.61. The van der Waals surface area contributed by atoms with Crippen molar-refractivity contribution in [3.63, 3.8) is 0 Å². The number of aromatic nitrogens is 3. The molecule has 1 aliphatic heterocycles. The number of amides is 1. The summed E-state index contributed by atoms with van der Waals surface area (Å²) in [4.78, 5) is 22.1. The highest BCUT2D eigenvalue weighted by Gasteiger charge is 2.31. The molecule has 0 bridgehead atoms. The molecule has 140 valence electrons. The third kappa shape index (κ3) is 4.83. The molecule has 1 atom stereocenters. The molecule has 0 saturated carbocycles. The van der Waals surface area contributed by atoms with E-state index in [0.717, 1.165) is 24.2 Å². The van der Waals surface area contributed by atoms with Crippen LogP contribution in [0.1, 0.15) is 43.0 Å². The molecule has 8 heteroatoms. The molecule has 2 aromatic heterocycles. The number of nitrogens with zero attached hydrogens (tertiary/aromatic N) is 4. The van der Waals surface area contributed by atoms with Crippen molar-refractivity contribution in [3.8, 4) is 0 Å². The molecule has 3 heterocycles. The van der Waals surface area contributed by atoms with Crippen LogP contribution in [0.3, 0.4) is 0 Å². The van der Waals surface area contributed by atoms with Gasteiger partial charge in [0.15, 0.2) is 0 Å². The molecule has 1 aliphatic rings. The summed E-state index contributed by atoms with van der Waals surface area (Å²) >= 11 is 0. The first-order chi connectivity index (χ1) is 12.4. The minimum atomic E-state index is -4.30. The van der Waals surface area contributed by atoms with E-state index >= 15 is 0 Å². The number of likely N-dealkylation sites (tertiary alicyclic amines) is 1. The van der Waals surface area contributed by atoms with Crippen LogP contribution >= 0.6 is 0 Å². The summed E-state index contributed by atoms with van der Waals surface area (Å²) in [5, 5.41) is 0. The Labute approximate surface area is 149 Å². The van der Waals surface area contributed by atoms with Crippen LogP contribution < -0.4 is 0 Å². The molecule has 1 unspecified atom stereocenters. The normalized spacial score (nSPS) is 18.1. The lowest BCUT2D eigenvalue weighted by Crippen LogP contribution is -2.40. The zero-order chi connectivity index (χ0) is 18.6. The topological polar surface area (TPSA) is 51.0 Å². The summed E-state index contributed by atoms with van der Waals surface area (Å²) in [6.45, 7) is 1.58. The van der Waals surface area contributed by atoms with Gasteiger partial charge in [-0.25, -0.2) is 4.98 Å². The Hall–Kier alpha value is -2.38. The van der Waals surface area contributed by atoms with Crippen LogP contribution in [-0.2, 0) is 11.3 Å². The predicted molar refractivity (Wildman–Crippen MR) is 89.4 cm³/mol. The number of hydrogen-bond donors (Lipinski definition) is 0. The van der Waals surface area contributed by atoms with Crippen molar-refractivity contribution < 1.29 is 18.0 Å². The van der Waals surface area contributed by atoms with Crippen LogP contribution in [-0.4, -0.2) is 44.6 Å². The summed E-state index contributed by atoms with van der Waals surface area (Å²) in [5.41, 5.74) is 1.09. The minimum Gasteiger partial charge on any atom is -0.342 e. The maximum Gasteiger partial charge on any atom is 0.389 e.